The summed E-state index contributed by atoms with van der Waals surface area (Å²) in [6.45, 7) is 11.1. The van der Waals surface area contributed by atoms with Crippen molar-refractivity contribution < 1.29 is 0 Å². The molecular formula is C11H23N5S. The minimum atomic E-state index is 0.456. The Labute approximate surface area is 108 Å². The largest absolute Gasteiger partial charge is 0.324 e. The van der Waals surface area contributed by atoms with Crippen LogP contribution in [0.25, 0.3) is 0 Å². The van der Waals surface area contributed by atoms with Gasteiger partial charge in [-0.05, 0) is 20.0 Å². The van der Waals surface area contributed by atoms with E-state index in [1.54, 1.807) is 11.8 Å². The summed E-state index contributed by atoms with van der Waals surface area (Å²) in [5.41, 5.74) is 5.62. The van der Waals surface area contributed by atoms with Gasteiger partial charge in [0.05, 0.1) is 6.54 Å². The molecule has 98 valence electrons. The minimum Gasteiger partial charge on any atom is -0.324 e. The third-order valence-electron chi connectivity index (χ3n) is 2.83. The smallest absolute Gasteiger partial charge is 0.191 e. The minimum absolute atomic E-state index is 0.456. The summed E-state index contributed by atoms with van der Waals surface area (Å²) >= 11 is 1.76. The summed E-state index contributed by atoms with van der Waals surface area (Å²) in [6, 6.07) is 0. The summed E-state index contributed by atoms with van der Waals surface area (Å²) in [4.78, 5) is 2.41. The molecule has 0 saturated carbocycles. The Hall–Kier alpha value is -0.590. The molecular weight excluding hydrogens is 234 g/mol. The van der Waals surface area contributed by atoms with E-state index < -0.39 is 0 Å². The van der Waals surface area contributed by atoms with E-state index in [9.17, 15) is 0 Å². The molecule has 0 aliphatic heterocycles. The van der Waals surface area contributed by atoms with Gasteiger partial charge in [0.1, 0.15) is 5.82 Å². The van der Waals surface area contributed by atoms with Crippen molar-refractivity contribution in [2.24, 2.45) is 5.73 Å². The molecule has 0 saturated heterocycles. The van der Waals surface area contributed by atoms with Gasteiger partial charge in [0.15, 0.2) is 5.16 Å². The fraction of sp³-hybridized carbons (Fsp3) is 0.818. The van der Waals surface area contributed by atoms with Crippen molar-refractivity contribution in [2.75, 3.05) is 25.4 Å². The van der Waals surface area contributed by atoms with Crippen LogP contribution in [0.5, 0.6) is 0 Å². The van der Waals surface area contributed by atoms with Crippen molar-refractivity contribution in [2.45, 2.75) is 39.0 Å². The predicted octanol–water partition coefficient (Wildman–Crippen LogP) is 1.19. The van der Waals surface area contributed by atoms with Crippen molar-refractivity contribution in [3.63, 3.8) is 0 Å². The lowest BCUT2D eigenvalue weighted by molar-refractivity contribution is 0.323. The Bertz CT molecular complexity index is 322. The van der Waals surface area contributed by atoms with Crippen LogP contribution in [0.1, 0.15) is 26.6 Å². The number of nitrogens with two attached hydrogens (primary N) is 1. The Morgan fingerprint density at radius 1 is 1.24 bits per heavy atom. The zero-order chi connectivity index (χ0) is 12.7. The highest BCUT2D eigenvalue weighted by Crippen LogP contribution is 2.16. The van der Waals surface area contributed by atoms with Gasteiger partial charge in [-0.2, -0.15) is 0 Å². The van der Waals surface area contributed by atoms with E-state index >= 15 is 0 Å². The van der Waals surface area contributed by atoms with Gasteiger partial charge in [-0.1, -0.05) is 25.6 Å². The lowest BCUT2D eigenvalue weighted by atomic mass is 10.5. The molecule has 1 heterocycles. The zero-order valence-corrected chi connectivity index (χ0v) is 11.8. The maximum Gasteiger partial charge on any atom is 0.191 e. The first-order chi connectivity index (χ1) is 8.26. The fourth-order valence-electron chi connectivity index (χ4n) is 1.70. The van der Waals surface area contributed by atoms with Crippen LogP contribution in [0, 0.1) is 0 Å². The van der Waals surface area contributed by atoms with E-state index in [0.29, 0.717) is 6.54 Å². The number of hydrogen-bond donors (Lipinski definition) is 1. The summed E-state index contributed by atoms with van der Waals surface area (Å²) in [5, 5.41) is 9.27. The first kappa shape index (κ1) is 14.5. The number of aromatic nitrogens is 3. The van der Waals surface area contributed by atoms with E-state index in [1.807, 2.05) is 0 Å². The fourth-order valence-corrected chi connectivity index (χ4v) is 2.72. The van der Waals surface area contributed by atoms with Crippen molar-refractivity contribution in [3.8, 4) is 0 Å². The van der Waals surface area contributed by atoms with E-state index in [2.05, 4.69) is 40.4 Å². The standard InChI is InChI=1S/C11H23N5S/c1-4-15(5-2)7-8-17-11-14-13-10(9-12)16(11)6-3/h4-9,12H2,1-3H3. The second kappa shape index (κ2) is 7.68. The molecule has 1 aromatic heterocycles. The summed E-state index contributed by atoms with van der Waals surface area (Å²) < 4.78 is 2.09. The molecule has 0 aliphatic carbocycles. The molecule has 1 rings (SSSR count). The van der Waals surface area contributed by atoms with Crippen LogP contribution in [-0.2, 0) is 13.1 Å². The molecule has 0 bridgehead atoms. The third-order valence-corrected chi connectivity index (χ3v) is 3.77. The van der Waals surface area contributed by atoms with Crippen molar-refractivity contribution >= 4 is 11.8 Å². The van der Waals surface area contributed by atoms with Gasteiger partial charge >= 0.3 is 0 Å². The van der Waals surface area contributed by atoms with Crippen LogP contribution in [0.3, 0.4) is 0 Å². The monoisotopic (exact) mass is 257 g/mol. The molecule has 0 aliphatic rings. The molecule has 0 unspecified atom stereocenters. The highest BCUT2D eigenvalue weighted by molar-refractivity contribution is 7.99. The average Bonchev–Trinajstić information content (AvgIpc) is 2.76. The van der Waals surface area contributed by atoms with Crippen molar-refractivity contribution in [1.29, 1.82) is 0 Å². The molecule has 0 aromatic carbocycles. The SMILES string of the molecule is CCN(CC)CCSc1nnc(CN)n1CC. The Morgan fingerprint density at radius 2 is 1.94 bits per heavy atom. The van der Waals surface area contributed by atoms with Gasteiger partial charge in [0.25, 0.3) is 0 Å². The van der Waals surface area contributed by atoms with E-state index in [0.717, 1.165) is 42.9 Å². The van der Waals surface area contributed by atoms with Gasteiger partial charge in [0.2, 0.25) is 0 Å². The molecule has 17 heavy (non-hydrogen) atoms. The lowest BCUT2D eigenvalue weighted by Crippen LogP contribution is -2.25. The number of rotatable bonds is 8. The highest BCUT2D eigenvalue weighted by Gasteiger charge is 2.09. The van der Waals surface area contributed by atoms with Crippen molar-refractivity contribution in [3.05, 3.63) is 5.82 Å². The molecule has 5 nitrogen and oxygen atoms in total. The summed E-state index contributed by atoms with van der Waals surface area (Å²) in [7, 11) is 0. The third kappa shape index (κ3) is 3.97. The summed E-state index contributed by atoms with van der Waals surface area (Å²) in [5.74, 6) is 1.92. The van der Waals surface area contributed by atoms with E-state index in [4.69, 9.17) is 5.73 Å². The van der Waals surface area contributed by atoms with Gasteiger partial charge < -0.3 is 15.2 Å². The first-order valence-electron chi connectivity index (χ1n) is 6.24. The van der Waals surface area contributed by atoms with Crippen LogP contribution in [0.2, 0.25) is 0 Å². The van der Waals surface area contributed by atoms with E-state index in [-0.39, 0.29) is 0 Å². The van der Waals surface area contributed by atoms with Gasteiger partial charge in [0, 0.05) is 18.8 Å². The quantitative estimate of drug-likeness (QED) is 0.709. The van der Waals surface area contributed by atoms with Gasteiger partial charge in [-0.25, -0.2) is 0 Å². The molecule has 1 aromatic rings. The van der Waals surface area contributed by atoms with Crippen LogP contribution < -0.4 is 5.73 Å². The Kier molecular flexibility index (Phi) is 6.54. The average molecular weight is 257 g/mol. The van der Waals surface area contributed by atoms with Crippen LogP contribution in [0.15, 0.2) is 5.16 Å². The van der Waals surface area contributed by atoms with E-state index in [1.165, 1.54) is 0 Å². The number of thioether (sulfide) groups is 1. The number of nitrogens with zero attached hydrogens (tertiary/aromatic N) is 4. The molecule has 6 heteroatoms. The Morgan fingerprint density at radius 3 is 2.47 bits per heavy atom. The molecule has 0 fully saturated rings. The molecule has 2 N–H and O–H groups in total. The second-order valence-corrected chi connectivity index (χ2v) is 4.78. The Balaban J connectivity index is 2.48. The summed E-state index contributed by atoms with van der Waals surface area (Å²) in [6.07, 6.45) is 0. The van der Waals surface area contributed by atoms with Gasteiger partial charge in [-0.3, -0.25) is 0 Å². The normalized spacial score (nSPS) is 11.4. The lowest BCUT2D eigenvalue weighted by Gasteiger charge is -2.17. The second-order valence-electron chi connectivity index (χ2n) is 3.72. The predicted molar refractivity (Wildman–Crippen MR) is 72.1 cm³/mol. The molecule has 0 radical (unpaired) electrons. The maximum atomic E-state index is 5.62. The molecule has 0 spiro atoms. The topological polar surface area (TPSA) is 60.0 Å². The number of hydrogen-bond acceptors (Lipinski definition) is 5. The maximum absolute atomic E-state index is 5.62. The zero-order valence-electron chi connectivity index (χ0n) is 11.0. The van der Waals surface area contributed by atoms with Crippen molar-refractivity contribution in [1.82, 2.24) is 19.7 Å². The van der Waals surface area contributed by atoms with Gasteiger partial charge in [-0.15, -0.1) is 10.2 Å². The van der Waals surface area contributed by atoms with Crippen LogP contribution in [0.4, 0.5) is 0 Å². The highest BCUT2D eigenvalue weighted by atomic mass is 32.2. The van der Waals surface area contributed by atoms with Crippen LogP contribution >= 0.6 is 11.8 Å². The van der Waals surface area contributed by atoms with Crippen LogP contribution in [-0.4, -0.2) is 45.1 Å². The molecule has 0 amide bonds. The first-order valence-corrected chi connectivity index (χ1v) is 7.22. The molecule has 0 atom stereocenters.